The van der Waals surface area contributed by atoms with Gasteiger partial charge in [0.15, 0.2) is 5.82 Å². The van der Waals surface area contributed by atoms with Crippen molar-refractivity contribution in [3.63, 3.8) is 0 Å². The molecule has 11 heavy (non-hydrogen) atoms. The standard InChI is InChI=1S/C7H6N2S2/c1-2-4-8-6(3-1)9-7-10-5-11-7/h1-4H,5H2. The van der Waals surface area contributed by atoms with Crippen LogP contribution in [0.1, 0.15) is 0 Å². The number of aliphatic imine (C=N–C) groups is 1. The van der Waals surface area contributed by atoms with Crippen molar-refractivity contribution in [3.05, 3.63) is 24.4 Å². The van der Waals surface area contributed by atoms with Gasteiger partial charge in [-0.15, -0.1) is 0 Å². The van der Waals surface area contributed by atoms with Crippen molar-refractivity contribution in [3.8, 4) is 0 Å². The number of rotatable bonds is 1. The predicted molar refractivity (Wildman–Crippen MR) is 51.4 cm³/mol. The zero-order valence-electron chi connectivity index (χ0n) is 5.73. The van der Waals surface area contributed by atoms with Crippen molar-refractivity contribution >= 4 is 33.7 Å². The molecular formula is C7H6N2S2. The summed E-state index contributed by atoms with van der Waals surface area (Å²) in [6.07, 6.45) is 1.76. The summed E-state index contributed by atoms with van der Waals surface area (Å²) < 4.78 is 1.13. The Labute approximate surface area is 73.5 Å². The van der Waals surface area contributed by atoms with Gasteiger partial charge in [0.1, 0.15) is 4.38 Å². The van der Waals surface area contributed by atoms with Gasteiger partial charge in [-0.1, -0.05) is 29.6 Å². The molecule has 0 bridgehead atoms. The highest BCUT2D eigenvalue weighted by Crippen LogP contribution is 2.34. The Hall–Kier alpha value is -0.480. The summed E-state index contributed by atoms with van der Waals surface area (Å²) in [7, 11) is 0. The van der Waals surface area contributed by atoms with E-state index in [0.717, 1.165) is 15.3 Å². The largest absolute Gasteiger partial charge is 0.237 e. The normalized spacial score (nSPS) is 15.8. The Kier molecular flexibility index (Phi) is 2.14. The molecule has 1 saturated heterocycles. The number of hydrogen-bond donors (Lipinski definition) is 0. The lowest BCUT2D eigenvalue weighted by Crippen LogP contribution is -1.97. The highest BCUT2D eigenvalue weighted by molar-refractivity contribution is 8.52. The maximum atomic E-state index is 4.30. The number of nitrogens with zero attached hydrogens (tertiary/aromatic N) is 2. The maximum Gasteiger partial charge on any atom is 0.153 e. The van der Waals surface area contributed by atoms with Crippen molar-refractivity contribution in [2.24, 2.45) is 4.99 Å². The van der Waals surface area contributed by atoms with Gasteiger partial charge in [0.25, 0.3) is 0 Å². The third-order valence-electron chi connectivity index (χ3n) is 1.22. The zero-order chi connectivity index (χ0) is 7.52. The zero-order valence-corrected chi connectivity index (χ0v) is 7.36. The van der Waals surface area contributed by atoms with E-state index in [1.165, 1.54) is 0 Å². The number of thioether (sulfide) groups is 2. The van der Waals surface area contributed by atoms with Crippen LogP contribution in [-0.2, 0) is 0 Å². The molecule has 1 aliphatic heterocycles. The van der Waals surface area contributed by atoms with Gasteiger partial charge >= 0.3 is 0 Å². The van der Waals surface area contributed by atoms with Gasteiger partial charge in [-0.05, 0) is 12.1 Å². The third-order valence-corrected chi connectivity index (χ3v) is 3.55. The summed E-state index contributed by atoms with van der Waals surface area (Å²) in [5.41, 5.74) is 0. The monoisotopic (exact) mass is 182 g/mol. The van der Waals surface area contributed by atoms with E-state index in [4.69, 9.17) is 0 Å². The smallest absolute Gasteiger partial charge is 0.153 e. The quantitative estimate of drug-likeness (QED) is 0.667. The van der Waals surface area contributed by atoms with Gasteiger partial charge in [-0.2, -0.15) is 0 Å². The summed E-state index contributed by atoms with van der Waals surface area (Å²) in [5.74, 6) is 0.808. The van der Waals surface area contributed by atoms with Crippen LogP contribution in [0.3, 0.4) is 0 Å². The van der Waals surface area contributed by atoms with E-state index < -0.39 is 0 Å². The summed E-state index contributed by atoms with van der Waals surface area (Å²) in [6, 6.07) is 5.75. The van der Waals surface area contributed by atoms with Crippen molar-refractivity contribution in [1.82, 2.24) is 4.98 Å². The van der Waals surface area contributed by atoms with Crippen LogP contribution in [0.4, 0.5) is 5.82 Å². The van der Waals surface area contributed by atoms with E-state index in [-0.39, 0.29) is 0 Å². The first kappa shape index (κ1) is 7.18. The second-order valence-electron chi connectivity index (χ2n) is 1.97. The van der Waals surface area contributed by atoms with Crippen LogP contribution in [0.5, 0.6) is 0 Å². The molecule has 2 rings (SSSR count). The summed E-state index contributed by atoms with van der Waals surface area (Å²) in [5, 5.41) is 1.13. The first-order chi connectivity index (χ1) is 5.45. The number of pyridine rings is 1. The highest BCUT2D eigenvalue weighted by atomic mass is 32.3. The summed E-state index contributed by atoms with van der Waals surface area (Å²) in [6.45, 7) is 0. The average molecular weight is 182 g/mol. The molecule has 0 N–H and O–H groups in total. The molecule has 1 aromatic rings. The molecule has 0 amide bonds. The van der Waals surface area contributed by atoms with E-state index in [1.807, 2.05) is 18.2 Å². The van der Waals surface area contributed by atoms with Crippen molar-refractivity contribution in [2.75, 3.05) is 5.08 Å². The maximum absolute atomic E-state index is 4.30. The Morgan fingerprint density at radius 1 is 1.36 bits per heavy atom. The molecule has 0 aliphatic carbocycles. The van der Waals surface area contributed by atoms with Crippen LogP contribution < -0.4 is 0 Å². The lowest BCUT2D eigenvalue weighted by Gasteiger charge is -2.11. The van der Waals surface area contributed by atoms with Crippen LogP contribution in [0, 0.1) is 0 Å². The molecule has 0 radical (unpaired) electrons. The first-order valence-electron chi connectivity index (χ1n) is 3.20. The molecule has 1 fully saturated rings. The molecule has 0 aromatic carbocycles. The lowest BCUT2D eigenvalue weighted by atomic mass is 10.5. The number of aromatic nitrogens is 1. The van der Waals surface area contributed by atoms with Gasteiger partial charge < -0.3 is 0 Å². The van der Waals surface area contributed by atoms with Gasteiger partial charge in [0.2, 0.25) is 0 Å². The van der Waals surface area contributed by atoms with Gasteiger partial charge in [-0.25, -0.2) is 9.98 Å². The highest BCUT2D eigenvalue weighted by Gasteiger charge is 2.11. The molecule has 0 spiro atoms. The van der Waals surface area contributed by atoms with E-state index in [9.17, 15) is 0 Å². The van der Waals surface area contributed by atoms with Gasteiger partial charge in [0.05, 0.1) is 5.08 Å². The molecule has 56 valence electrons. The number of hydrogen-bond acceptors (Lipinski definition) is 4. The first-order valence-corrected chi connectivity index (χ1v) is 5.17. The molecule has 2 nitrogen and oxygen atoms in total. The molecule has 1 aliphatic rings. The Morgan fingerprint density at radius 2 is 2.27 bits per heavy atom. The summed E-state index contributed by atoms with van der Waals surface area (Å²) >= 11 is 3.55. The molecule has 1 aromatic heterocycles. The van der Waals surface area contributed by atoms with Crippen LogP contribution in [0.2, 0.25) is 0 Å². The fourth-order valence-electron chi connectivity index (χ4n) is 0.690. The molecule has 2 heterocycles. The Balaban J connectivity index is 2.17. The van der Waals surface area contributed by atoms with E-state index in [2.05, 4.69) is 9.98 Å². The second kappa shape index (κ2) is 3.28. The lowest BCUT2D eigenvalue weighted by molar-refractivity contribution is 1.28. The van der Waals surface area contributed by atoms with Crippen molar-refractivity contribution in [1.29, 1.82) is 0 Å². The Bertz CT molecular complexity index is 265. The molecule has 0 saturated carbocycles. The van der Waals surface area contributed by atoms with Gasteiger partial charge in [0, 0.05) is 6.20 Å². The van der Waals surface area contributed by atoms with Crippen LogP contribution in [0.25, 0.3) is 0 Å². The molecular weight excluding hydrogens is 176 g/mol. The van der Waals surface area contributed by atoms with Crippen LogP contribution in [-0.4, -0.2) is 14.4 Å². The molecule has 0 atom stereocenters. The Morgan fingerprint density at radius 3 is 2.82 bits per heavy atom. The average Bonchev–Trinajstić information content (AvgIpc) is 1.99. The third kappa shape index (κ3) is 1.75. The van der Waals surface area contributed by atoms with Crippen LogP contribution >= 0.6 is 23.5 Å². The minimum absolute atomic E-state index is 0.808. The summed E-state index contributed by atoms with van der Waals surface area (Å²) in [4.78, 5) is 8.38. The van der Waals surface area contributed by atoms with E-state index in [1.54, 1.807) is 29.7 Å². The fourth-order valence-corrected chi connectivity index (χ4v) is 1.90. The topological polar surface area (TPSA) is 25.2 Å². The molecule has 4 heteroatoms. The fraction of sp³-hybridized carbons (Fsp3) is 0.143. The van der Waals surface area contributed by atoms with Crippen molar-refractivity contribution in [2.45, 2.75) is 0 Å². The molecule has 0 unspecified atom stereocenters. The van der Waals surface area contributed by atoms with Crippen molar-refractivity contribution < 1.29 is 0 Å². The van der Waals surface area contributed by atoms with E-state index in [0.29, 0.717) is 0 Å². The van der Waals surface area contributed by atoms with Crippen LogP contribution in [0.15, 0.2) is 29.4 Å². The van der Waals surface area contributed by atoms with E-state index >= 15 is 0 Å². The second-order valence-corrected chi connectivity index (χ2v) is 4.52. The minimum atomic E-state index is 0.808. The predicted octanol–water partition coefficient (Wildman–Crippen LogP) is 2.51. The van der Waals surface area contributed by atoms with Gasteiger partial charge in [-0.3, -0.25) is 0 Å². The SMILES string of the molecule is c1ccc(N=C2SCS2)nc1. The minimum Gasteiger partial charge on any atom is -0.237 e.